The highest BCUT2D eigenvalue weighted by atomic mass is 16.5. The molecule has 2 aromatic carbocycles. The summed E-state index contributed by atoms with van der Waals surface area (Å²) in [6.45, 7) is 3.02. The van der Waals surface area contributed by atoms with E-state index in [-0.39, 0.29) is 5.56 Å². The van der Waals surface area contributed by atoms with Crippen LogP contribution in [-0.4, -0.2) is 22.1 Å². The molecule has 0 aliphatic heterocycles. The number of rotatable bonds is 9. The minimum Gasteiger partial charge on any atom is -0.493 e. The van der Waals surface area contributed by atoms with E-state index in [4.69, 9.17) is 9.47 Å². The Morgan fingerprint density at radius 3 is 2.55 bits per heavy atom. The monoisotopic (exact) mass is 442 g/mol. The van der Waals surface area contributed by atoms with Gasteiger partial charge in [0, 0.05) is 30.1 Å². The Balaban J connectivity index is 1.39. The first-order chi connectivity index (χ1) is 16.1. The van der Waals surface area contributed by atoms with E-state index in [1.54, 1.807) is 13.3 Å². The van der Waals surface area contributed by atoms with Crippen LogP contribution in [0.5, 0.6) is 11.5 Å². The lowest BCUT2D eigenvalue weighted by atomic mass is 10.2. The van der Waals surface area contributed by atoms with Crippen LogP contribution in [0.4, 0.5) is 5.82 Å². The van der Waals surface area contributed by atoms with Crippen molar-refractivity contribution in [3.63, 3.8) is 0 Å². The number of anilines is 1. The summed E-state index contributed by atoms with van der Waals surface area (Å²) in [7, 11) is 1.63. The number of aromatic nitrogens is 3. The Kier molecular flexibility index (Phi) is 6.99. The van der Waals surface area contributed by atoms with Crippen molar-refractivity contribution < 1.29 is 9.47 Å². The zero-order valence-corrected chi connectivity index (χ0v) is 18.7. The molecular weight excluding hydrogens is 416 g/mol. The fourth-order valence-corrected chi connectivity index (χ4v) is 3.33. The summed E-state index contributed by atoms with van der Waals surface area (Å²) in [4.78, 5) is 23.5. The molecule has 2 aromatic heterocycles. The third-order valence-electron chi connectivity index (χ3n) is 5.13. The molecule has 2 N–H and O–H groups in total. The van der Waals surface area contributed by atoms with E-state index in [0.717, 1.165) is 28.2 Å². The van der Waals surface area contributed by atoms with Gasteiger partial charge in [0.1, 0.15) is 18.2 Å². The minimum atomic E-state index is -0.163. The van der Waals surface area contributed by atoms with Crippen LogP contribution in [-0.2, 0) is 19.6 Å². The molecule has 7 heteroatoms. The number of ether oxygens (including phenoxy) is 2. The number of aryl methyl sites for hydroxylation is 1. The van der Waals surface area contributed by atoms with Crippen molar-refractivity contribution in [1.82, 2.24) is 15.0 Å². The van der Waals surface area contributed by atoms with Crippen molar-refractivity contribution in [1.29, 1.82) is 0 Å². The lowest BCUT2D eigenvalue weighted by Crippen LogP contribution is -2.10. The Morgan fingerprint density at radius 2 is 1.82 bits per heavy atom. The summed E-state index contributed by atoms with van der Waals surface area (Å²) in [6, 6.07) is 21.1. The molecule has 0 spiro atoms. The van der Waals surface area contributed by atoms with Crippen LogP contribution in [0, 0.1) is 0 Å². The van der Waals surface area contributed by atoms with Crippen LogP contribution < -0.4 is 20.3 Å². The highest BCUT2D eigenvalue weighted by Crippen LogP contribution is 2.29. The van der Waals surface area contributed by atoms with Gasteiger partial charge in [0.2, 0.25) is 0 Å². The number of methoxy groups -OCH3 is 1. The molecule has 0 amide bonds. The van der Waals surface area contributed by atoms with Gasteiger partial charge in [-0.05, 0) is 41.8 Å². The van der Waals surface area contributed by atoms with Gasteiger partial charge in [0.15, 0.2) is 11.5 Å². The van der Waals surface area contributed by atoms with E-state index in [0.29, 0.717) is 36.9 Å². The van der Waals surface area contributed by atoms with Gasteiger partial charge in [-0.25, -0.2) is 9.97 Å². The Bertz CT molecular complexity index is 1250. The molecule has 4 aromatic rings. The summed E-state index contributed by atoms with van der Waals surface area (Å²) in [5.74, 6) is 2.62. The molecule has 168 valence electrons. The zero-order valence-electron chi connectivity index (χ0n) is 18.7. The van der Waals surface area contributed by atoms with E-state index in [9.17, 15) is 4.79 Å². The Morgan fingerprint density at radius 1 is 0.970 bits per heavy atom. The van der Waals surface area contributed by atoms with Gasteiger partial charge in [0.05, 0.1) is 7.11 Å². The third kappa shape index (κ3) is 5.77. The molecule has 0 bridgehead atoms. The normalized spacial score (nSPS) is 10.6. The summed E-state index contributed by atoms with van der Waals surface area (Å²) < 4.78 is 11.4. The average molecular weight is 443 g/mol. The summed E-state index contributed by atoms with van der Waals surface area (Å²) in [5, 5.41) is 3.30. The Hall–Kier alpha value is -4.13. The first kappa shape index (κ1) is 22.1. The van der Waals surface area contributed by atoms with E-state index >= 15 is 0 Å². The predicted octanol–water partition coefficient (Wildman–Crippen LogP) is 4.59. The lowest BCUT2D eigenvalue weighted by molar-refractivity contribution is 0.284. The first-order valence-corrected chi connectivity index (χ1v) is 10.8. The molecule has 0 radical (unpaired) electrons. The van der Waals surface area contributed by atoms with Gasteiger partial charge >= 0.3 is 0 Å². The maximum Gasteiger partial charge on any atom is 0.251 e. The zero-order chi connectivity index (χ0) is 23.0. The number of hydrogen-bond acceptors (Lipinski definition) is 6. The molecule has 0 aliphatic rings. The van der Waals surface area contributed by atoms with Gasteiger partial charge in [-0.15, -0.1) is 0 Å². The van der Waals surface area contributed by atoms with Crippen molar-refractivity contribution in [2.45, 2.75) is 26.5 Å². The molecule has 0 unspecified atom stereocenters. The summed E-state index contributed by atoms with van der Waals surface area (Å²) >= 11 is 0. The first-order valence-electron chi connectivity index (χ1n) is 10.8. The fourth-order valence-electron chi connectivity index (χ4n) is 3.33. The van der Waals surface area contributed by atoms with Gasteiger partial charge in [-0.3, -0.25) is 4.79 Å². The highest BCUT2D eigenvalue weighted by Gasteiger charge is 2.08. The molecular formula is C26H26N4O3. The number of hydrogen-bond donors (Lipinski definition) is 2. The van der Waals surface area contributed by atoms with E-state index in [2.05, 4.69) is 20.3 Å². The minimum absolute atomic E-state index is 0.163. The number of H-pyrrole nitrogens is 1. The predicted molar refractivity (Wildman–Crippen MR) is 129 cm³/mol. The third-order valence-corrected chi connectivity index (χ3v) is 5.13. The average Bonchev–Trinajstić information content (AvgIpc) is 2.87. The van der Waals surface area contributed by atoms with E-state index < -0.39 is 0 Å². The second-order valence-corrected chi connectivity index (χ2v) is 7.48. The molecule has 0 fully saturated rings. The topological polar surface area (TPSA) is 89.1 Å². The quantitative estimate of drug-likeness (QED) is 0.394. The maximum atomic E-state index is 11.8. The molecule has 0 saturated heterocycles. The molecule has 7 nitrogen and oxygen atoms in total. The van der Waals surface area contributed by atoms with Gasteiger partial charge in [0.25, 0.3) is 5.56 Å². The smallest absolute Gasteiger partial charge is 0.251 e. The van der Waals surface area contributed by atoms with Crippen LogP contribution >= 0.6 is 0 Å². The van der Waals surface area contributed by atoms with Gasteiger partial charge < -0.3 is 19.8 Å². The Labute approximate surface area is 192 Å². The maximum absolute atomic E-state index is 11.8. The van der Waals surface area contributed by atoms with Crippen molar-refractivity contribution in [3.8, 4) is 22.9 Å². The largest absolute Gasteiger partial charge is 0.493 e. The van der Waals surface area contributed by atoms with E-state index in [1.807, 2.05) is 67.6 Å². The molecule has 0 atom stereocenters. The molecule has 2 heterocycles. The van der Waals surface area contributed by atoms with Crippen molar-refractivity contribution in [3.05, 3.63) is 100 Å². The van der Waals surface area contributed by atoms with Crippen LogP contribution in [0.1, 0.15) is 23.7 Å². The molecule has 33 heavy (non-hydrogen) atoms. The number of nitrogens with one attached hydrogen (secondary N) is 2. The SMILES string of the molecule is CCc1cc(=O)[nH]c(-c2ccc(NCc3ccc(OCc4ccccc4)c(OC)c3)nc2)n1. The summed E-state index contributed by atoms with van der Waals surface area (Å²) in [5.41, 5.74) is 3.48. The van der Waals surface area contributed by atoms with Gasteiger partial charge in [-0.2, -0.15) is 0 Å². The van der Waals surface area contributed by atoms with Crippen molar-refractivity contribution in [2.24, 2.45) is 0 Å². The van der Waals surface area contributed by atoms with Gasteiger partial charge in [-0.1, -0.05) is 43.3 Å². The van der Waals surface area contributed by atoms with Crippen LogP contribution in [0.3, 0.4) is 0 Å². The van der Waals surface area contributed by atoms with Crippen LogP contribution in [0.2, 0.25) is 0 Å². The second-order valence-electron chi connectivity index (χ2n) is 7.48. The van der Waals surface area contributed by atoms with Crippen LogP contribution in [0.25, 0.3) is 11.4 Å². The molecule has 0 saturated carbocycles. The van der Waals surface area contributed by atoms with Crippen molar-refractivity contribution in [2.75, 3.05) is 12.4 Å². The van der Waals surface area contributed by atoms with E-state index in [1.165, 1.54) is 6.07 Å². The fraction of sp³-hybridized carbons (Fsp3) is 0.192. The second kappa shape index (κ2) is 10.5. The number of nitrogens with zero attached hydrogens (tertiary/aromatic N) is 2. The standard InChI is InChI=1S/C26H26N4O3/c1-3-21-14-25(31)30-26(29-21)20-10-12-24(28-16-20)27-15-19-9-11-22(23(13-19)32-2)33-17-18-7-5-4-6-8-18/h4-14,16H,3,15,17H2,1-2H3,(H,27,28)(H,29,30,31). The lowest BCUT2D eigenvalue weighted by Gasteiger charge is -2.13. The highest BCUT2D eigenvalue weighted by molar-refractivity contribution is 5.56. The molecule has 0 aliphatic carbocycles. The number of aromatic amines is 1. The van der Waals surface area contributed by atoms with Crippen LogP contribution in [0.15, 0.2) is 77.7 Å². The number of pyridine rings is 1. The summed E-state index contributed by atoms with van der Waals surface area (Å²) in [6.07, 6.45) is 2.39. The van der Waals surface area contributed by atoms with Crippen molar-refractivity contribution >= 4 is 5.82 Å². The number of benzene rings is 2. The molecule has 4 rings (SSSR count).